The molecule has 1 aromatic heterocycles. The van der Waals surface area contributed by atoms with Gasteiger partial charge in [-0.15, -0.1) is 0 Å². The number of nitrogens with zero attached hydrogens (tertiary/aromatic N) is 3. The van der Waals surface area contributed by atoms with Crippen molar-refractivity contribution < 1.29 is 22.8 Å². The fourth-order valence-electron chi connectivity index (χ4n) is 3.95. The van der Waals surface area contributed by atoms with Crippen LogP contribution in [0.25, 0.3) is 0 Å². The standard InChI is InChI=1S/C26H25F3N4O2/c1-18-8-9-20(16-22(18)31-24(34)19-6-3-2-4-7-19)25(35)33-13-5-12-32(14-15-33)23-11-10-21(17-30-23)26(27,28)29/h2-4,6-11,16-17H,5,12-15H2,1H3,(H,31,34). The molecule has 2 aromatic carbocycles. The summed E-state index contributed by atoms with van der Waals surface area (Å²) in [6.07, 6.45) is -2.94. The minimum Gasteiger partial charge on any atom is -0.355 e. The lowest BCUT2D eigenvalue weighted by Gasteiger charge is -2.23. The smallest absolute Gasteiger partial charge is 0.355 e. The first-order chi connectivity index (χ1) is 16.7. The van der Waals surface area contributed by atoms with Crippen LogP contribution in [0.3, 0.4) is 0 Å². The second kappa shape index (κ2) is 10.2. The van der Waals surface area contributed by atoms with Crippen molar-refractivity contribution in [1.82, 2.24) is 9.88 Å². The molecule has 1 fully saturated rings. The predicted molar refractivity (Wildman–Crippen MR) is 128 cm³/mol. The average molecular weight is 483 g/mol. The monoisotopic (exact) mass is 482 g/mol. The zero-order valence-electron chi connectivity index (χ0n) is 19.2. The van der Waals surface area contributed by atoms with Gasteiger partial charge in [-0.3, -0.25) is 9.59 Å². The van der Waals surface area contributed by atoms with E-state index in [2.05, 4.69) is 10.3 Å². The van der Waals surface area contributed by atoms with E-state index in [4.69, 9.17) is 0 Å². The lowest BCUT2D eigenvalue weighted by atomic mass is 10.1. The van der Waals surface area contributed by atoms with Gasteiger partial charge < -0.3 is 15.1 Å². The molecular formula is C26H25F3N4O2. The van der Waals surface area contributed by atoms with E-state index in [-0.39, 0.29) is 11.8 Å². The number of aryl methyl sites for hydroxylation is 1. The molecule has 1 aliphatic rings. The molecule has 2 heterocycles. The second-order valence-corrected chi connectivity index (χ2v) is 8.39. The van der Waals surface area contributed by atoms with E-state index in [1.165, 1.54) is 6.07 Å². The fraction of sp³-hybridized carbons (Fsp3) is 0.269. The summed E-state index contributed by atoms with van der Waals surface area (Å²) in [5.74, 6) is 0.0312. The largest absolute Gasteiger partial charge is 0.417 e. The highest BCUT2D eigenvalue weighted by atomic mass is 19.4. The molecule has 0 aliphatic carbocycles. The van der Waals surface area contributed by atoms with Crippen LogP contribution in [0.1, 0.15) is 38.3 Å². The lowest BCUT2D eigenvalue weighted by Crippen LogP contribution is -2.35. The Labute approximate surface area is 201 Å². The number of amides is 2. The maximum Gasteiger partial charge on any atom is 0.417 e. The molecule has 4 rings (SSSR count). The van der Waals surface area contributed by atoms with Gasteiger partial charge in [-0.1, -0.05) is 24.3 Å². The SMILES string of the molecule is Cc1ccc(C(=O)N2CCCN(c3ccc(C(F)(F)F)cn3)CC2)cc1NC(=O)c1ccccc1. The summed E-state index contributed by atoms with van der Waals surface area (Å²) in [6, 6.07) is 16.4. The third kappa shape index (κ3) is 5.79. The minimum atomic E-state index is -4.43. The molecular weight excluding hydrogens is 457 g/mol. The number of alkyl halides is 3. The van der Waals surface area contributed by atoms with E-state index in [1.54, 1.807) is 47.4 Å². The molecule has 1 aliphatic heterocycles. The summed E-state index contributed by atoms with van der Waals surface area (Å²) in [6.45, 7) is 3.80. The Kier molecular flexibility index (Phi) is 7.04. The number of aromatic nitrogens is 1. The van der Waals surface area contributed by atoms with Gasteiger partial charge in [0.05, 0.1) is 5.56 Å². The van der Waals surface area contributed by atoms with Crippen molar-refractivity contribution in [2.75, 3.05) is 36.4 Å². The van der Waals surface area contributed by atoms with E-state index < -0.39 is 11.7 Å². The second-order valence-electron chi connectivity index (χ2n) is 8.39. The van der Waals surface area contributed by atoms with Crippen molar-refractivity contribution in [3.63, 3.8) is 0 Å². The topological polar surface area (TPSA) is 65.5 Å². The molecule has 35 heavy (non-hydrogen) atoms. The Morgan fingerprint density at radius 1 is 0.914 bits per heavy atom. The molecule has 0 spiro atoms. The number of carbonyl (C=O) groups excluding carboxylic acids is 2. The van der Waals surface area contributed by atoms with Gasteiger partial charge in [-0.05, 0) is 55.3 Å². The van der Waals surface area contributed by atoms with Gasteiger partial charge in [-0.2, -0.15) is 13.2 Å². The van der Waals surface area contributed by atoms with Crippen molar-refractivity contribution in [3.8, 4) is 0 Å². The van der Waals surface area contributed by atoms with E-state index >= 15 is 0 Å². The van der Waals surface area contributed by atoms with Gasteiger partial charge in [0.1, 0.15) is 5.82 Å². The number of hydrogen-bond acceptors (Lipinski definition) is 4. The minimum absolute atomic E-state index is 0.164. The van der Waals surface area contributed by atoms with Crippen LogP contribution >= 0.6 is 0 Å². The Hall–Kier alpha value is -3.88. The first-order valence-corrected chi connectivity index (χ1v) is 11.3. The molecule has 182 valence electrons. The summed E-state index contributed by atoms with van der Waals surface area (Å²) in [5.41, 5.74) is 1.59. The summed E-state index contributed by atoms with van der Waals surface area (Å²) in [5, 5.41) is 2.87. The van der Waals surface area contributed by atoms with E-state index in [9.17, 15) is 22.8 Å². The molecule has 0 unspecified atom stereocenters. The van der Waals surface area contributed by atoms with Gasteiger partial charge in [-0.25, -0.2) is 4.98 Å². The van der Waals surface area contributed by atoms with Crippen molar-refractivity contribution in [3.05, 3.63) is 89.1 Å². The van der Waals surface area contributed by atoms with Gasteiger partial charge in [0.15, 0.2) is 0 Å². The first-order valence-electron chi connectivity index (χ1n) is 11.3. The molecule has 0 bridgehead atoms. The molecule has 0 atom stereocenters. The third-order valence-corrected chi connectivity index (χ3v) is 5.95. The maximum atomic E-state index is 13.2. The fourth-order valence-corrected chi connectivity index (χ4v) is 3.95. The Balaban J connectivity index is 1.43. The summed E-state index contributed by atoms with van der Waals surface area (Å²) < 4.78 is 38.5. The van der Waals surface area contributed by atoms with Gasteiger partial charge in [0.25, 0.3) is 11.8 Å². The molecule has 3 aromatic rings. The highest BCUT2D eigenvalue weighted by Crippen LogP contribution is 2.29. The van der Waals surface area contributed by atoms with Crippen molar-refractivity contribution in [1.29, 1.82) is 0 Å². The molecule has 1 saturated heterocycles. The number of benzene rings is 2. The number of anilines is 2. The summed E-state index contributed by atoms with van der Waals surface area (Å²) in [4.78, 5) is 33.4. The highest BCUT2D eigenvalue weighted by Gasteiger charge is 2.31. The zero-order chi connectivity index (χ0) is 25.0. The third-order valence-electron chi connectivity index (χ3n) is 5.95. The van der Waals surface area contributed by atoms with Crippen molar-refractivity contribution >= 4 is 23.3 Å². The number of carbonyl (C=O) groups is 2. The molecule has 0 radical (unpaired) electrons. The summed E-state index contributed by atoms with van der Waals surface area (Å²) >= 11 is 0. The first kappa shape index (κ1) is 24.3. The van der Waals surface area contributed by atoms with Crippen LogP contribution in [0, 0.1) is 6.92 Å². The molecule has 9 heteroatoms. The molecule has 2 amide bonds. The zero-order valence-corrected chi connectivity index (χ0v) is 19.2. The normalized spacial score (nSPS) is 14.4. The Morgan fingerprint density at radius 2 is 1.69 bits per heavy atom. The number of rotatable bonds is 4. The van der Waals surface area contributed by atoms with Gasteiger partial charge in [0, 0.05) is 49.2 Å². The van der Waals surface area contributed by atoms with Crippen LogP contribution in [0.15, 0.2) is 66.9 Å². The predicted octanol–water partition coefficient (Wildman–Crippen LogP) is 5.01. The number of pyridine rings is 1. The molecule has 0 saturated carbocycles. The quantitative estimate of drug-likeness (QED) is 0.568. The van der Waals surface area contributed by atoms with Crippen molar-refractivity contribution in [2.45, 2.75) is 19.5 Å². The van der Waals surface area contributed by atoms with Crippen LogP contribution < -0.4 is 10.2 Å². The average Bonchev–Trinajstić information content (AvgIpc) is 3.11. The van der Waals surface area contributed by atoms with Gasteiger partial charge in [0.2, 0.25) is 0 Å². The van der Waals surface area contributed by atoms with E-state index in [1.807, 2.05) is 17.9 Å². The van der Waals surface area contributed by atoms with E-state index in [0.717, 1.165) is 17.8 Å². The van der Waals surface area contributed by atoms with Crippen molar-refractivity contribution in [2.24, 2.45) is 0 Å². The Bertz CT molecular complexity index is 1200. The maximum absolute atomic E-state index is 13.2. The number of nitrogens with one attached hydrogen (secondary N) is 1. The molecule has 1 N–H and O–H groups in total. The van der Waals surface area contributed by atoms with Crippen LogP contribution in [0.5, 0.6) is 0 Å². The van der Waals surface area contributed by atoms with E-state index in [0.29, 0.717) is 55.2 Å². The van der Waals surface area contributed by atoms with Crippen LogP contribution in [-0.2, 0) is 6.18 Å². The highest BCUT2D eigenvalue weighted by molar-refractivity contribution is 6.05. The summed E-state index contributed by atoms with van der Waals surface area (Å²) in [7, 11) is 0. The van der Waals surface area contributed by atoms with Crippen LogP contribution in [-0.4, -0.2) is 47.9 Å². The molecule has 6 nitrogen and oxygen atoms in total. The number of hydrogen-bond donors (Lipinski definition) is 1. The van der Waals surface area contributed by atoms with Crippen LogP contribution in [0.4, 0.5) is 24.7 Å². The van der Waals surface area contributed by atoms with Crippen LogP contribution in [0.2, 0.25) is 0 Å². The lowest BCUT2D eigenvalue weighted by molar-refractivity contribution is -0.137. The Morgan fingerprint density at radius 3 is 2.37 bits per heavy atom. The van der Waals surface area contributed by atoms with Gasteiger partial charge >= 0.3 is 6.18 Å². The number of halogens is 3.